The van der Waals surface area contributed by atoms with E-state index in [1.54, 1.807) is 12.4 Å². The molecule has 2 aromatic carbocycles. The molecule has 2 heterocycles. The van der Waals surface area contributed by atoms with Gasteiger partial charge in [-0.15, -0.1) is 0 Å². The Morgan fingerprint density at radius 1 is 0.879 bits per heavy atom. The van der Waals surface area contributed by atoms with E-state index in [0.29, 0.717) is 12.1 Å². The number of pyridine rings is 1. The van der Waals surface area contributed by atoms with E-state index < -0.39 is 0 Å². The van der Waals surface area contributed by atoms with E-state index in [9.17, 15) is 9.59 Å². The molecule has 0 unspecified atom stereocenters. The van der Waals surface area contributed by atoms with Gasteiger partial charge in [0.05, 0.1) is 0 Å². The highest BCUT2D eigenvalue weighted by molar-refractivity contribution is 5.94. The van der Waals surface area contributed by atoms with Gasteiger partial charge in [0, 0.05) is 48.3 Å². The van der Waals surface area contributed by atoms with Crippen molar-refractivity contribution in [2.75, 3.05) is 18.4 Å². The second-order valence-electron chi connectivity index (χ2n) is 8.39. The summed E-state index contributed by atoms with van der Waals surface area (Å²) < 4.78 is 0. The maximum Gasteiger partial charge on any atom is 0.251 e. The van der Waals surface area contributed by atoms with Crippen LogP contribution in [0.25, 0.3) is 0 Å². The molecular weight excluding hydrogens is 414 g/mol. The summed E-state index contributed by atoms with van der Waals surface area (Å²) in [5, 5.41) is 6.25. The first-order valence-electron chi connectivity index (χ1n) is 11.2. The normalized spacial score (nSPS) is 14.5. The highest BCUT2D eigenvalue weighted by Crippen LogP contribution is 2.19. The Kier molecular flexibility index (Phi) is 7.32. The van der Waals surface area contributed by atoms with Crippen LogP contribution in [0.3, 0.4) is 0 Å². The summed E-state index contributed by atoms with van der Waals surface area (Å²) in [5.74, 6) is -0.272. The molecule has 3 aromatic rings. The number of carbonyl (C=O) groups excluding carboxylic acids is 2. The van der Waals surface area contributed by atoms with Crippen molar-refractivity contribution in [3.8, 4) is 0 Å². The first-order chi connectivity index (χ1) is 16.1. The molecule has 0 saturated carbocycles. The van der Waals surface area contributed by atoms with Gasteiger partial charge >= 0.3 is 0 Å². The molecule has 1 aromatic heterocycles. The lowest BCUT2D eigenvalue weighted by Crippen LogP contribution is -2.38. The molecule has 1 saturated heterocycles. The zero-order chi connectivity index (χ0) is 23.0. The van der Waals surface area contributed by atoms with Gasteiger partial charge in [-0.05, 0) is 73.5 Å². The number of nitrogens with zero attached hydrogens (tertiary/aromatic N) is 2. The number of hydrogen-bond donors (Lipinski definition) is 3. The molecule has 1 aliphatic rings. The Labute approximate surface area is 194 Å². The average Bonchev–Trinajstić information content (AvgIpc) is 2.85. The van der Waals surface area contributed by atoms with Crippen molar-refractivity contribution in [3.63, 3.8) is 0 Å². The molecule has 2 amide bonds. The van der Waals surface area contributed by atoms with E-state index in [1.165, 1.54) is 5.56 Å². The fraction of sp³-hybridized carbons (Fsp3) is 0.269. The predicted molar refractivity (Wildman–Crippen MR) is 129 cm³/mol. The van der Waals surface area contributed by atoms with E-state index in [1.807, 2.05) is 48.5 Å². The van der Waals surface area contributed by atoms with Crippen LogP contribution in [0, 0.1) is 5.92 Å². The summed E-state index contributed by atoms with van der Waals surface area (Å²) in [5.41, 5.74) is 10.2. The Bertz CT molecular complexity index is 1060. The Morgan fingerprint density at radius 3 is 2.12 bits per heavy atom. The topological polar surface area (TPSA) is 100 Å². The number of likely N-dealkylation sites (tertiary alicyclic amines) is 1. The monoisotopic (exact) mass is 443 g/mol. The first-order valence-corrected chi connectivity index (χ1v) is 11.2. The van der Waals surface area contributed by atoms with Gasteiger partial charge in [0.2, 0.25) is 5.91 Å². The van der Waals surface area contributed by atoms with Crippen LogP contribution in [0.15, 0.2) is 73.1 Å². The number of anilines is 2. The molecule has 33 heavy (non-hydrogen) atoms. The Balaban J connectivity index is 1.23. The summed E-state index contributed by atoms with van der Waals surface area (Å²) in [6.45, 7) is 3.11. The van der Waals surface area contributed by atoms with Crippen LogP contribution < -0.4 is 16.4 Å². The number of primary amides is 1. The molecule has 7 nitrogen and oxygen atoms in total. The smallest absolute Gasteiger partial charge is 0.251 e. The van der Waals surface area contributed by atoms with Gasteiger partial charge in [-0.3, -0.25) is 19.5 Å². The Hall–Kier alpha value is -3.71. The number of piperidine rings is 1. The molecule has 1 fully saturated rings. The van der Waals surface area contributed by atoms with Crippen molar-refractivity contribution in [1.82, 2.24) is 15.2 Å². The zero-order valence-electron chi connectivity index (χ0n) is 18.5. The highest BCUT2D eigenvalue weighted by Gasteiger charge is 2.22. The van der Waals surface area contributed by atoms with Gasteiger partial charge in [-0.25, -0.2) is 0 Å². The fourth-order valence-corrected chi connectivity index (χ4v) is 3.99. The number of nitrogens with one attached hydrogen (secondary N) is 2. The van der Waals surface area contributed by atoms with Crippen LogP contribution in [0.4, 0.5) is 11.4 Å². The van der Waals surface area contributed by atoms with E-state index in [2.05, 4.69) is 32.7 Å². The molecule has 0 bridgehead atoms. The third-order valence-corrected chi connectivity index (χ3v) is 5.99. The summed E-state index contributed by atoms with van der Waals surface area (Å²) >= 11 is 0. The lowest BCUT2D eigenvalue weighted by atomic mass is 9.96. The Morgan fingerprint density at radius 2 is 1.48 bits per heavy atom. The summed E-state index contributed by atoms with van der Waals surface area (Å²) in [7, 11) is 0. The molecule has 1 aliphatic heterocycles. The van der Waals surface area contributed by atoms with Gasteiger partial charge in [-0.1, -0.05) is 24.3 Å². The lowest BCUT2D eigenvalue weighted by molar-refractivity contribution is -0.123. The minimum Gasteiger partial charge on any atom is -0.369 e. The SMILES string of the molecule is NC(=O)C1CCN(Cc2ccc(CNC(=O)c3ccc(Nc4ccncc4)cc3)cc2)CC1. The van der Waals surface area contributed by atoms with Crippen molar-refractivity contribution in [1.29, 1.82) is 0 Å². The van der Waals surface area contributed by atoms with Crippen molar-refractivity contribution < 1.29 is 9.59 Å². The molecule has 0 aliphatic carbocycles. The largest absolute Gasteiger partial charge is 0.369 e. The van der Waals surface area contributed by atoms with E-state index in [4.69, 9.17) is 5.73 Å². The minimum absolute atomic E-state index is 0.0149. The van der Waals surface area contributed by atoms with Crippen LogP contribution in [0.1, 0.15) is 34.3 Å². The van der Waals surface area contributed by atoms with E-state index in [-0.39, 0.29) is 17.7 Å². The second-order valence-corrected chi connectivity index (χ2v) is 8.39. The third kappa shape index (κ3) is 6.40. The molecule has 7 heteroatoms. The number of carbonyl (C=O) groups is 2. The van der Waals surface area contributed by atoms with Crippen molar-refractivity contribution >= 4 is 23.2 Å². The van der Waals surface area contributed by atoms with Crippen molar-refractivity contribution in [2.45, 2.75) is 25.9 Å². The van der Waals surface area contributed by atoms with Gasteiger partial charge < -0.3 is 16.4 Å². The molecule has 0 radical (unpaired) electrons. The van der Waals surface area contributed by atoms with Crippen LogP contribution in [-0.4, -0.2) is 34.8 Å². The first kappa shape index (κ1) is 22.5. The molecular formula is C26H29N5O2. The zero-order valence-corrected chi connectivity index (χ0v) is 18.5. The number of aromatic nitrogens is 1. The fourth-order valence-electron chi connectivity index (χ4n) is 3.99. The third-order valence-electron chi connectivity index (χ3n) is 5.99. The number of hydrogen-bond acceptors (Lipinski definition) is 5. The molecule has 0 atom stereocenters. The number of benzene rings is 2. The van der Waals surface area contributed by atoms with Gasteiger partial charge in [0.25, 0.3) is 5.91 Å². The van der Waals surface area contributed by atoms with Gasteiger partial charge in [0.1, 0.15) is 0 Å². The van der Waals surface area contributed by atoms with Crippen molar-refractivity contribution in [2.24, 2.45) is 11.7 Å². The number of amides is 2. The van der Waals surface area contributed by atoms with Crippen LogP contribution >= 0.6 is 0 Å². The summed E-state index contributed by atoms with van der Waals surface area (Å²) in [6, 6.07) is 19.5. The average molecular weight is 444 g/mol. The summed E-state index contributed by atoms with van der Waals surface area (Å²) in [4.78, 5) is 30.2. The molecule has 0 spiro atoms. The van der Waals surface area contributed by atoms with E-state index >= 15 is 0 Å². The molecule has 4 N–H and O–H groups in total. The second kappa shape index (κ2) is 10.7. The quantitative estimate of drug-likeness (QED) is 0.495. The standard InChI is InChI=1S/C26H29N5O2/c27-25(32)21-11-15-31(16-12-21)18-20-3-1-19(2-4-20)17-29-26(33)22-5-7-23(8-6-22)30-24-9-13-28-14-10-24/h1-10,13-14,21H,11-12,15-18H2,(H2,27,32)(H,28,30)(H,29,33). The lowest BCUT2D eigenvalue weighted by Gasteiger charge is -2.30. The summed E-state index contributed by atoms with van der Waals surface area (Å²) in [6.07, 6.45) is 5.12. The van der Waals surface area contributed by atoms with Crippen LogP contribution in [0.5, 0.6) is 0 Å². The van der Waals surface area contributed by atoms with Crippen LogP contribution in [-0.2, 0) is 17.9 Å². The molecule has 170 valence electrons. The minimum atomic E-state index is -0.182. The maximum absolute atomic E-state index is 12.5. The van der Waals surface area contributed by atoms with Gasteiger partial charge in [-0.2, -0.15) is 0 Å². The van der Waals surface area contributed by atoms with Crippen LogP contribution in [0.2, 0.25) is 0 Å². The van der Waals surface area contributed by atoms with E-state index in [0.717, 1.165) is 49.4 Å². The maximum atomic E-state index is 12.5. The highest BCUT2D eigenvalue weighted by atomic mass is 16.2. The van der Waals surface area contributed by atoms with Crippen molar-refractivity contribution in [3.05, 3.63) is 89.7 Å². The molecule has 4 rings (SSSR count). The number of nitrogens with two attached hydrogens (primary N) is 1. The number of rotatable bonds is 8. The van der Waals surface area contributed by atoms with Gasteiger partial charge in [0.15, 0.2) is 0 Å². The predicted octanol–water partition coefficient (Wildman–Crippen LogP) is 3.45.